The molecule has 0 aliphatic rings. The minimum absolute atomic E-state index is 0.144. The zero-order chi connectivity index (χ0) is 14.4. The van der Waals surface area contributed by atoms with E-state index in [0.29, 0.717) is 13.0 Å². The van der Waals surface area contributed by atoms with Crippen LogP contribution in [-0.2, 0) is 11.3 Å². The number of amides is 2. The van der Waals surface area contributed by atoms with E-state index in [0.717, 1.165) is 10.7 Å². The van der Waals surface area contributed by atoms with Gasteiger partial charge in [-0.2, -0.15) is 0 Å². The van der Waals surface area contributed by atoms with Crippen molar-refractivity contribution in [2.75, 3.05) is 13.6 Å². The summed E-state index contributed by atoms with van der Waals surface area (Å²) in [6.45, 7) is 4.25. The Balaban J connectivity index is 2.42. The maximum atomic E-state index is 11.8. The van der Waals surface area contributed by atoms with Crippen molar-refractivity contribution in [3.05, 3.63) is 16.1 Å². The van der Waals surface area contributed by atoms with E-state index in [9.17, 15) is 9.59 Å². The van der Waals surface area contributed by atoms with Gasteiger partial charge in [-0.25, -0.2) is 9.78 Å². The maximum absolute atomic E-state index is 11.8. The van der Waals surface area contributed by atoms with E-state index >= 15 is 0 Å². The van der Waals surface area contributed by atoms with Gasteiger partial charge in [-0.1, -0.05) is 6.92 Å². The van der Waals surface area contributed by atoms with Crippen LogP contribution >= 0.6 is 11.3 Å². The molecule has 106 valence electrons. The smallest absolute Gasteiger partial charge is 0.317 e. The van der Waals surface area contributed by atoms with Gasteiger partial charge in [0.05, 0.1) is 23.2 Å². The third kappa shape index (κ3) is 4.86. The van der Waals surface area contributed by atoms with Gasteiger partial charge in [-0.3, -0.25) is 4.79 Å². The van der Waals surface area contributed by atoms with Gasteiger partial charge in [0.2, 0.25) is 0 Å². The molecule has 6 nitrogen and oxygen atoms in total. The van der Waals surface area contributed by atoms with Gasteiger partial charge in [0.15, 0.2) is 0 Å². The second-order valence-electron chi connectivity index (χ2n) is 4.34. The highest BCUT2D eigenvalue weighted by Crippen LogP contribution is 2.09. The minimum atomic E-state index is -0.888. The molecule has 2 amide bonds. The number of carbonyl (C=O) groups excluding carboxylic acids is 1. The van der Waals surface area contributed by atoms with Crippen LogP contribution in [0.2, 0.25) is 0 Å². The average molecular weight is 285 g/mol. The van der Waals surface area contributed by atoms with Gasteiger partial charge >= 0.3 is 12.0 Å². The van der Waals surface area contributed by atoms with Crippen LogP contribution in [0.3, 0.4) is 0 Å². The fourth-order valence-corrected chi connectivity index (χ4v) is 2.15. The first-order chi connectivity index (χ1) is 8.93. The minimum Gasteiger partial charge on any atom is -0.481 e. The number of hydrogen-bond donors (Lipinski definition) is 2. The lowest BCUT2D eigenvalue weighted by molar-refractivity contribution is -0.141. The molecule has 7 heteroatoms. The predicted molar refractivity (Wildman–Crippen MR) is 73.1 cm³/mol. The molecule has 0 saturated heterocycles. The van der Waals surface area contributed by atoms with E-state index in [1.165, 1.54) is 16.2 Å². The topological polar surface area (TPSA) is 82.5 Å². The summed E-state index contributed by atoms with van der Waals surface area (Å²) in [5, 5.41) is 14.4. The van der Waals surface area contributed by atoms with Gasteiger partial charge < -0.3 is 15.3 Å². The third-order valence-corrected chi connectivity index (χ3v) is 3.58. The average Bonchev–Trinajstić information content (AvgIpc) is 2.74. The van der Waals surface area contributed by atoms with Crippen LogP contribution in [-0.4, -0.2) is 40.6 Å². The highest BCUT2D eigenvalue weighted by Gasteiger charge is 2.17. The van der Waals surface area contributed by atoms with Crippen molar-refractivity contribution in [3.8, 4) is 0 Å². The van der Waals surface area contributed by atoms with Crippen LogP contribution in [0, 0.1) is 12.8 Å². The number of aryl methyl sites for hydroxylation is 1. The number of thiazole rings is 1. The number of rotatable bonds is 6. The number of aromatic nitrogens is 1. The fraction of sp³-hybridized carbons (Fsp3) is 0.583. The number of nitrogens with one attached hydrogen (secondary N) is 1. The maximum Gasteiger partial charge on any atom is 0.317 e. The molecule has 0 radical (unpaired) electrons. The van der Waals surface area contributed by atoms with Gasteiger partial charge in [0.25, 0.3) is 0 Å². The van der Waals surface area contributed by atoms with Gasteiger partial charge in [-0.15, -0.1) is 11.3 Å². The highest BCUT2D eigenvalue weighted by atomic mass is 32.1. The summed E-state index contributed by atoms with van der Waals surface area (Å²) in [4.78, 5) is 28.4. The Bertz CT molecular complexity index is 447. The summed E-state index contributed by atoms with van der Waals surface area (Å²) in [5.41, 5.74) is 0.838. The normalized spacial score (nSPS) is 11.9. The molecule has 1 aromatic rings. The summed E-state index contributed by atoms with van der Waals surface area (Å²) in [6.07, 6.45) is 0.491. The summed E-state index contributed by atoms with van der Waals surface area (Å²) < 4.78 is 0. The molecule has 0 bridgehead atoms. The van der Waals surface area contributed by atoms with Crippen molar-refractivity contribution in [3.63, 3.8) is 0 Å². The second kappa shape index (κ2) is 7.08. The number of hydrogen-bond acceptors (Lipinski definition) is 4. The number of carboxylic acids is 1. The van der Waals surface area contributed by atoms with Crippen molar-refractivity contribution in [2.45, 2.75) is 26.8 Å². The molecule has 1 rings (SSSR count). The van der Waals surface area contributed by atoms with E-state index in [1.807, 2.05) is 12.3 Å². The molecule has 1 atom stereocenters. The van der Waals surface area contributed by atoms with Crippen molar-refractivity contribution < 1.29 is 14.7 Å². The largest absolute Gasteiger partial charge is 0.481 e. The Kier molecular flexibility index (Phi) is 5.75. The molecule has 1 unspecified atom stereocenters. The van der Waals surface area contributed by atoms with E-state index < -0.39 is 11.9 Å². The lowest BCUT2D eigenvalue weighted by Crippen LogP contribution is -2.40. The Morgan fingerprint density at radius 3 is 2.74 bits per heavy atom. The highest BCUT2D eigenvalue weighted by molar-refractivity contribution is 7.09. The molecule has 0 spiro atoms. The Labute approximate surface area is 116 Å². The van der Waals surface area contributed by atoms with Crippen LogP contribution in [0.1, 0.15) is 24.0 Å². The summed E-state index contributed by atoms with van der Waals surface area (Å²) in [6, 6.07) is -0.287. The number of nitrogens with zero attached hydrogens (tertiary/aromatic N) is 2. The van der Waals surface area contributed by atoms with Crippen LogP contribution in [0.5, 0.6) is 0 Å². The number of urea groups is 1. The van der Waals surface area contributed by atoms with Crippen molar-refractivity contribution >= 4 is 23.3 Å². The van der Waals surface area contributed by atoms with Crippen LogP contribution in [0.4, 0.5) is 4.79 Å². The zero-order valence-corrected chi connectivity index (χ0v) is 12.2. The lowest BCUT2D eigenvalue weighted by Gasteiger charge is -2.18. The summed E-state index contributed by atoms with van der Waals surface area (Å²) >= 11 is 1.54. The zero-order valence-electron chi connectivity index (χ0n) is 11.3. The lowest BCUT2D eigenvalue weighted by atomic mass is 10.1. The predicted octanol–water partition coefficient (Wildman–Crippen LogP) is 1.70. The first kappa shape index (κ1) is 15.4. The number of carboxylic acid groups (broad SMARTS) is 1. The number of aliphatic carboxylic acids is 1. The van der Waals surface area contributed by atoms with Crippen molar-refractivity contribution in [1.29, 1.82) is 0 Å². The fourth-order valence-electron chi connectivity index (χ4n) is 1.55. The Morgan fingerprint density at radius 1 is 1.58 bits per heavy atom. The SMILES string of the molecule is CCC(CNC(=O)N(C)Cc1csc(C)n1)C(=O)O. The van der Waals surface area contributed by atoms with Gasteiger partial charge in [0, 0.05) is 19.0 Å². The molecular formula is C12H19N3O3S. The molecule has 1 aromatic heterocycles. The summed E-state index contributed by atoms with van der Waals surface area (Å²) in [7, 11) is 1.66. The van der Waals surface area contributed by atoms with E-state index in [2.05, 4.69) is 10.3 Å². The van der Waals surface area contributed by atoms with Crippen molar-refractivity contribution in [1.82, 2.24) is 15.2 Å². The molecule has 0 aliphatic carbocycles. The van der Waals surface area contributed by atoms with Crippen molar-refractivity contribution in [2.24, 2.45) is 5.92 Å². The number of carbonyl (C=O) groups is 2. The molecule has 0 aliphatic heterocycles. The first-order valence-electron chi connectivity index (χ1n) is 6.06. The van der Waals surface area contributed by atoms with E-state index in [-0.39, 0.29) is 12.6 Å². The van der Waals surface area contributed by atoms with E-state index in [1.54, 1.807) is 14.0 Å². The van der Waals surface area contributed by atoms with Crippen LogP contribution in [0.25, 0.3) is 0 Å². The molecule has 0 saturated carbocycles. The standard InChI is InChI=1S/C12H19N3O3S/c1-4-9(11(16)17)5-13-12(18)15(3)6-10-7-19-8(2)14-10/h7,9H,4-6H2,1-3H3,(H,13,18)(H,16,17). The first-order valence-corrected chi connectivity index (χ1v) is 6.94. The molecule has 0 aromatic carbocycles. The van der Waals surface area contributed by atoms with Crippen LogP contribution < -0.4 is 5.32 Å². The summed E-state index contributed by atoms with van der Waals surface area (Å²) in [5.74, 6) is -1.43. The Hall–Kier alpha value is -1.63. The monoisotopic (exact) mass is 285 g/mol. The second-order valence-corrected chi connectivity index (χ2v) is 5.41. The van der Waals surface area contributed by atoms with E-state index in [4.69, 9.17) is 5.11 Å². The molecule has 1 heterocycles. The Morgan fingerprint density at radius 2 is 2.26 bits per heavy atom. The molecule has 0 fully saturated rings. The quantitative estimate of drug-likeness (QED) is 0.833. The van der Waals surface area contributed by atoms with Crippen LogP contribution in [0.15, 0.2) is 5.38 Å². The molecule has 19 heavy (non-hydrogen) atoms. The van der Waals surface area contributed by atoms with Gasteiger partial charge in [-0.05, 0) is 13.3 Å². The molecule has 2 N–H and O–H groups in total. The van der Waals surface area contributed by atoms with Gasteiger partial charge in [0.1, 0.15) is 0 Å². The molecular weight excluding hydrogens is 266 g/mol. The third-order valence-electron chi connectivity index (χ3n) is 2.75.